The van der Waals surface area contributed by atoms with Crippen LogP contribution >= 0.6 is 0 Å². The molecule has 0 aliphatic carbocycles. The van der Waals surface area contributed by atoms with Crippen LogP contribution in [0, 0.1) is 5.92 Å². The molecule has 3 rings (SSSR count). The van der Waals surface area contributed by atoms with E-state index in [4.69, 9.17) is 10.5 Å². The quantitative estimate of drug-likeness (QED) is 0.791. The van der Waals surface area contributed by atoms with Gasteiger partial charge >= 0.3 is 10.2 Å². The van der Waals surface area contributed by atoms with Gasteiger partial charge in [-0.05, 0) is 37.3 Å². The molecular weight excluding hydrogens is 368 g/mol. The minimum atomic E-state index is -3.82. The molecule has 0 saturated carbocycles. The standard InChI is InChI=1S/C18H26N4O4S/c1-12(2)10-16(23)22-9-4-3-6-13(22)11-26-15-8-5-7-14-17(15)18(19)21-27(24,25)20-14/h5,7-8,12-13,20H,3-4,6,9-11H2,1-2H3,(H2,19,21)/t13-/m0/s1. The van der Waals surface area contributed by atoms with Gasteiger partial charge in [0.15, 0.2) is 5.84 Å². The lowest BCUT2D eigenvalue weighted by molar-refractivity contribution is -0.136. The molecule has 148 valence electrons. The molecule has 0 spiro atoms. The predicted molar refractivity (Wildman–Crippen MR) is 104 cm³/mol. The van der Waals surface area contributed by atoms with Crippen LogP contribution in [-0.2, 0) is 15.0 Å². The number of ether oxygens (including phenoxy) is 1. The van der Waals surface area contributed by atoms with Crippen molar-refractivity contribution in [3.8, 4) is 5.75 Å². The van der Waals surface area contributed by atoms with Crippen molar-refractivity contribution in [1.82, 2.24) is 4.90 Å². The molecule has 1 atom stereocenters. The van der Waals surface area contributed by atoms with Gasteiger partial charge < -0.3 is 15.4 Å². The molecule has 0 bridgehead atoms. The highest BCUT2D eigenvalue weighted by atomic mass is 32.2. The Morgan fingerprint density at radius 2 is 2.19 bits per heavy atom. The molecule has 1 aromatic rings. The molecule has 8 nitrogen and oxygen atoms in total. The number of anilines is 1. The molecule has 0 radical (unpaired) electrons. The lowest BCUT2D eigenvalue weighted by atomic mass is 10.0. The van der Waals surface area contributed by atoms with E-state index in [1.807, 2.05) is 18.7 Å². The summed E-state index contributed by atoms with van der Waals surface area (Å²) in [6, 6.07) is 5.03. The summed E-state index contributed by atoms with van der Waals surface area (Å²) >= 11 is 0. The van der Waals surface area contributed by atoms with Crippen LogP contribution in [0.3, 0.4) is 0 Å². The zero-order valence-electron chi connectivity index (χ0n) is 15.6. The van der Waals surface area contributed by atoms with Gasteiger partial charge in [0.25, 0.3) is 0 Å². The van der Waals surface area contributed by atoms with E-state index in [9.17, 15) is 13.2 Å². The minimum absolute atomic E-state index is 0.000647. The Balaban J connectivity index is 1.76. The third kappa shape index (κ3) is 4.52. The molecule has 1 aromatic carbocycles. The minimum Gasteiger partial charge on any atom is -0.491 e. The van der Waals surface area contributed by atoms with Gasteiger partial charge in [-0.25, -0.2) is 0 Å². The van der Waals surface area contributed by atoms with Crippen molar-refractivity contribution < 1.29 is 17.9 Å². The van der Waals surface area contributed by atoms with Gasteiger partial charge in [-0.15, -0.1) is 4.40 Å². The first kappa shape index (κ1) is 19.5. The summed E-state index contributed by atoms with van der Waals surface area (Å²) in [6.45, 7) is 5.15. The Bertz CT molecular complexity index is 851. The Morgan fingerprint density at radius 1 is 1.41 bits per heavy atom. The number of hydrogen-bond acceptors (Lipinski definition) is 5. The normalized spacial score (nSPS) is 21.2. The molecule has 1 fully saturated rings. The van der Waals surface area contributed by atoms with E-state index in [-0.39, 0.29) is 17.8 Å². The number of carbonyl (C=O) groups is 1. The summed E-state index contributed by atoms with van der Waals surface area (Å²) in [5.74, 6) is 0.821. The molecule has 2 aliphatic rings. The number of amides is 1. The SMILES string of the molecule is CC(C)CC(=O)N1CCCC[C@H]1COc1cccc2c1C(N)=NS(=O)(=O)N2. The van der Waals surface area contributed by atoms with E-state index in [2.05, 4.69) is 9.12 Å². The number of fused-ring (bicyclic) bond motifs is 1. The first-order valence-corrected chi connectivity index (χ1v) is 10.6. The van der Waals surface area contributed by atoms with Gasteiger partial charge in [-0.2, -0.15) is 8.42 Å². The van der Waals surface area contributed by atoms with Crippen LogP contribution in [0.4, 0.5) is 5.69 Å². The van der Waals surface area contributed by atoms with E-state index in [0.717, 1.165) is 25.8 Å². The number of benzene rings is 1. The summed E-state index contributed by atoms with van der Waals surface area (Å²) in [7, 11) is -3.82. The van der Waals surface area contributed by atoms with Crippen molar-refractivity contribution in [2.24, 2.45) is 16.0 Å². The van der Waals surface area contributed by atoms with Crippen LogP contribution in [0.1, 0.15) is 45.1 Å². The number of likely N-dealkylation sites (tertiary alicyclic amines) is 1. The number of nitrogens with zero attached hydrogens (tertiary/aromatic N) is 2. The van der Waals surface area contributed by atoms with Gasteiger partial charge in [0.1, 0.15) is 12.4 Å². The van der Waals surface area contributed by atoms with Crippen LogP contribution in [0.5, 0.6) is 5.75 Å². The molecule has 1 saturated heterocycles. The maximum atomic E-state index is 12.5. The first-order chi connectivity index (χ1) is 12.8. The van der Waals surface area contributed by atoms with E-state index in [1.54, 1.807) is 18.2 Å². The van der Waals surface area contributed by atoms with Crippen LogP contribution in [0.25, 0.3) is 0 Å². The van der Waals surface area contributed by atoms with Crippen molar-refractivity contribution in [2.75, 3.05) is 17.9 Å². The van der Waals surface area contributed by atoms with Crippen LogP contribution in [0.15, 0.2) is 22.6 Å². The van der Waals surface area contributed by atoms with E-state index in [1.165, 1.54) is 0 Å². The molecular formula is C18H26N4O4S. The summed E-state index contributed by atoms with van der Waals surface area (Å²) in [6.07, 6.45) is 3.46. The summed E-state index contributed by atoms with van der Waals surface area (Å²) in [5.41, 5.74) is 6.63. The molecule has 1 amide bonds. The number of nitrogens with one attached hydrogen (secondary N) is 1. The Labute approximate surface area is 160 Å². The average Bonchev–Trinajstić information content (AvgIpc) is 2.58. The maximum absolute atomic E-state index is 12.5. The van der Waals surface area contributed by atoms with Crippen molar-refractivity contribution in [3.63, 3.8) is 0 Å². The second kappa shape index (κ2) is 7.75. The Hall–Kier alpha value is -2.29. The maximum Gasteiger partial charge on any atom is 0.344 e. The highest BCUT2D eigenvalue weighted by molar-refractivity contribution is 7.91. The van der Waals surface area contributed by atoms with Crippen molar-refractivity contribution >= 4 is 27.6 Å². The number of piperidine rings is 1. The Morgan fingerprint density at radius 3 is 2.93 bits per heavy atom. The van der Waals surface area contributed by atoms with Crippen LogP contribution in [0.2, 0.25) is 0 Å². The fraction of sp³-hybridized carbons (Fsp3) is 0.556. The largest absolute Gasteiger partial charge is 0.491 e. The topological polar surface area (TPSA) is 114 Å². The van der Waals surface area contributed by atoms with Crippen molar-refractivity contribution in [2.45, 2.75) is 45.6 Å². The second-order valence-corrected chi connectivity index (χ2v) is 8.71. The van der Waals surface area contributed by atoms with E-state index >= 15 is 0 Å². The number of hydrogen-bond donors (Lipinski definition) is 2. The number of carbonyl (C=O) groups excluding carboxylic acids is 1. The molecule has 0 unspecified atom stereocenters. The van der Waals surface area contributed by atoms with Gasteiger partial charge in [-0.3, -0.25) is 9.52 Å². The highest BCUT2D eigenvalue weighted by Gasteiger charge is 2.29. The summed E-state index contributed by atoms with van der Waals surface area (Å²) in [4.78, 5) is 14.5. The molecule has 27 heavy (non-hydrogen) atoms. The monoisotopic (exact) mass is 394 g/mol. The Kier molecular flexibility index (Phi) is 5.59. The fourth-order valence-electron chi connectivity index (χ4n) is 3.49. The number of amidine groups is 1. The fourth-order valence-corrected chi connectivity index (χ4v) is 4.34. The predicted octanol–water partition coefficient (Wildman–Crippen LogP) is 1.87. The van der Waals surface area contributed by atoms with Crippen LogP contribution in [-0.4, -0.2) is 44.3 Å². The van der Waals surface area contributed by atoms with Crippen molar-refractivity contribution in [1.29, 1.82) is 0 Å². The van der Waals surface area contributed by atoms with Crippen LogP contribution < -0.4 is 15.2 Å². The zero-order valence-corrected chi connectivity index (χ0v) is 16.5. The first-order valence-electron chi connectivity index (χ1n) is 9.20. The van der Waals surface area contributed by atoms with Gasteiger partial charge in [0.2, 0.25) is 5.91 Å². The van der Waals surface area contributed by atoms with Gasteiger partial charge in [-0.1, -0.05) is 19.9 Å². The molecule has 9 heteroatoms. The number of rotatable bonds is 5. The molecule has 3 N–H and O–H groups in total. The van der Waals surface area contributed by atoms with Gasteiger partial charge in [0.05, 0.1) is 17.3 Å². The van der Waals surface area contributed by atoms with Crippen molar-refractivity contribution in [3.05, 3.63) is 23.8 Å². The third-order valence-electron chi connectivity index (χ3n) is 4.70. The molecule has 0 aromatic heterocycles. The summed E-state index contributed by atoms with van der Waals surface area (Å²) in [5, 5.41) is 0. The number of nitrogens with two attached hydrogens (primary N) is 1. The second-order valence-electron chi connectivity index (χ2n) is 7.38. The van der Waals surface area contributed by atoms with E-state index in [0.29, 0.717) is 35.9 Å². The smallest absolute Gasteiger partial charge is 0.344 e. The summed E-state index contributed by atoms with van der Waals surface area (Å²) < 4.78 is 35.2. The highest BCUT2D eigenvalue weighted by Crippen LogP contribution is 2.31. The molecule has 2 aliphatic heterocycles. The van der Waals surface area contributed by atoms with E-state index < -0.39 is 10.2 Å². The lowest BCUT2D eigenvalue weighted by Gasteiger charge is -2.36. The third-order valence-corrected chi connectivity index (χ3v) is 5.62. The molecule has 2 heterocycles. The van der Waals surface area contributed by atoms with Gasteiger partial charge in [0, 0.05) is 13.0 Å². The lowest BCUT2D eigenvalue weighted by Crippen LogP contribution is -2.47. The average molecular weight is 394 g/mol. The zero-order chi connectivity index (χ0) is 19.6.